The fourth-order valence-corrected chi connectivity index (χ4v) is 3.43. The normalized spacial score (nSPS) is 16.8. The first kappa shape index (κ1) is 17.1. The van der Waals surface area contributed by atoms with Gasteiger partial charge in [-0.25, -0.2) is 4.99 Å². The van der Waals surface area contributed by atoms with E-state index in [9.17, 15) is 14.7 Å². The number of ether oxygens (including phenoxy) is 1. The van der Waals surface area contributed by atoms with Crippen LogP contribution >= 0.6 is 11.6 Å². The Bertz CT molecular complexity index is 895. The molecule has 1 aromatic heterocycles. The summed E-state index contributed by atoms with van der Waals surface area (Å²) in [5.74, 6) is -0.876. The molecule has 6 nitrogen and oxygen atoms in total. The van der Waals surface area contributed by atoms with Gasteiger partial charge in [0.25, 0.3) is 0 Å². The molecule has 1 aliphatic carbocycles. The predicted octanol–water partition coefficient (Wildman–Crippen LogP) is 3.26. The van der Waals surface area contributed by atoms with Crippen LogP contribution in [0.3, 0.4) is 0 Å². The van der Waals surface area contributed by atoms with Crippen LogP contribution in [0, 0.1) is 0 Å². The zero-order chi connectivity index (χ0) is 18.1. The van der Waals surface area contributed by atoms with Crippen LogP contribution in [0.5, 0.6) is 0 Å². The Labute approximate surface area is 149 Å². The minimum Gasteiger partial charge on any atom is -0.495 e. The van der Waals surface area contributed by atoms with Crippen molar-refractivity contribution >= 4 is 29.1 Å². The Balaban J connectivity index is 2.16. The Kier molecular flexibility index (Phi) is 4.55. The number of carbonyl (C=O) groups excluding carboxylic acids is 1. The van der Waals surface area contributed by atoms with E-state index in [1.807, 2.05) is 0 Å². The van der Waals surface area contributed by atoms with E-state index >= 15 is 0 Å². The summed E-state index contributed by atoms with van der Waals surface area (Å²) in [5, 5.41) is 9.78. The second-order valence-corrected chi connectivity index (χ2v) is 6.09. The highest BCUT2D eigenvalue weighted by molar-refractivity contribution is 6.34. The fourth-order valence-electron chi connectivity index (χ4n) is 3.08. The number of aromatic nitrogens is 1. The molecular formula is C18H15ClN2O4. The number of Topliss-reactive ketones (excluding diaryl/α,β-unsaturated/α-hetero) is 1. The number of fused-ring (bicyclic) bond motifs is 1. The Morgan fingerprint density at radius 1 is 1.32 bits per heavy atom. The third kappa shape index (κ3) is 3.00. The number of carboxylic acids is 1. The van der Waals surface area contributed by atoms with Crippen molar-refractivity contribution in [2.75, 3.05) is 7.11 Å². The minimum atomic E-state index is -1.04. The maximum atomic E-state index is 12.8. The molecule has 25 heavy (non-hydrogen) atoms. The second-order valence-electron chi connectivity index (χ2n) is 5.64. The van der Waals surface area contributed by atoms with Crippen LogP contribution in [0.1, 0.15) is 30.1 Å². The molecular weight excluding hydrogens is 344 g/mol. The molecule has 0 bridgehead atoms. The predicted molar refractivity (Wildman–Crippen MR) is 92.5 cm³/mol. The summed E-state index contributed by atoms with van der Waals surface area (Å²) >= 11 is 6.25. The molecule has 1 N–H and O–H groups in total. The van der Waals surface area contributed by atoms with E-state index in [-0.39, 0.29) is 17.9 Å². The van der Waals surface area contributed by atoms with Gasteiger partial charge in [-0.15, -0.1) is 0 Å². The number of rotatable bonds is 5. The van der Waals surface area contributed by atoms with Crippen molar-refractivity contribution in [1.29, 1.82) is 0 Å². The molecule has 1 aromatic rings. The highest BCUT2D eigenvalue weighted by Crippen LogP contribution is 2.41. The van der Waals surface area contributed by atoms with Crippen LogP contribution in [0.25, 0.3) is 0 Å². The van der Waals surface area contributed by atoms with Crippen LogP contribution in [0.2, 0.25) is 0 Å². The highest BCUT2D eigenvalue weighted by atomic mass is 35.5. The molecule has 0 unspecified atom stereocenters. The van der Waals surface area contributed by atoms with Gasteiger partial charge in [-0.05, 0) is 19.1 Å². The van der Waals surface area contributed by atoms with Crippen molar-refractivity contribution in [3.8, 4) is 0 Å². The Hall–Kier alpha value is -2.73. The summed E-state index contributed by atoms with van der Waals surface area (Å²) in [6.45, 7) is 1.78. The van der Waals surface area contributed by atoms with E-state index in [4.69, 9.17) is 16.3 Å². The Morgan fingerprint density at radius 2 is 2.00 bits per heavy atom. The number of aliphatic carboxylic acids is 1. The number of methoxy groups -OCH3 is 1. The molecule has 3 rings (SSSR count). The average Bonchev–Trinajstić information content (AvgIpc) is 2.93. The van der Waals surface area contributed by atoms with E-state index in [0.29, 0.717) is 45.2 Å². The van der Waals surface area contributed by atoms with Gasteiger partial charge in [-0.1, -0.05) is 11.6 Å². The number of aliphatic imine (C=N–C) groups is 1. The molecule has 0 aromatic carbocycles. The zero-order valence-corrected chi connectivity index (χ0v) is 14.4. The van der Waals surface area contributed by atoms with Crippen molar-refractivity contribution in [2.24, 2.45) is 4.99 Å². The smallest absolute Gasteiger partial charge is 0.307 e. The standard InChI is InChI=1S/C18H15ClN2O4/c1-9-15-11(7-14(22)23)16(17(24)10-3-5-20-6-4-10)21-13(15)8-12(19)18(9)25-2/h3-6H,7-8H2,1-2H3,(H,22,23). The molecule has 128 valence electrons. The van der Waals surface area contributed by atoms with Crippen LogP contribution in [0.4, 0.5) is 0 Å². The third-order valence-corrected chi connectivity index (χ3v) is 4.40. The molecule has 1 aliphatic heterocycles. The molecule has 0 radical (unpaired) electrons. The van der Waals surface area contributed by atoms with Gasteiger partial charge in [0, 0.05) is 41.1 Å². The Morgan fingerprint density at radius 3 is 2.60 bits per heavy atom. The van der Waals surface area contributed by atoms with E-state index < -0.39 is 5.97 Å². The van der Waals surface area contributed by atoms with Crippen molar-refractivity contribution in [2.45, 2.75) is 19.8 Å². The van der Waals surface area contributed by atoms with Crippen LogP contribution in [-0.2, 0) is 9.53 Å². The second kappa shape index (κ2) is 6.64. The van der Waals surface area contributed by atoms with Crippen molar-refractivity contribution in [3.05, 3.63) is 63.3 Å². The first-order chi connectivity index (χ1) is 11.9. The molecule has 2 heterocycles. The van der Waals surface area contributed by atoms with E-state index in [2.05, 4.69) is 9.98 Å². The lowest BCUT2D eigenvalue weighted by Gasteiger charge is -2.20. The minimum absolute atomic E-state index is 0.139. The molecule has 0 saturated carbocycles. The molecule has 2 aliphatic rings. The number of halogens is 1. The number of ketones is 1. The summed E-state index contributed by atoms with van der Waals surface area (Å²) in [6.07, 6.45) is 3.01. The molecule has 0 amide bonds. The number of carboxylic acid groups (broad SMARTS) is 1. The van der Waals surface area contributed by atoms with E-state index in [0.717, 1.165) is 0 Å². The lowest BCUT2D eigenvalue weighted by molar-refractivity contribution is -0.136. The summed E-state index contributed by atoms with van der Waals surface area (Å²) in [4.78, 5) is 32.5. The maximum Gasteiger partial charge on any atom is 0.307 e. The summed E-state index contributed by atoms with van der Waals surface area (Å²) < 4.78 is 5.33. The quantitative estimate of drug-likeness (QED) is 0.816. The molecule has 7 heteroatoms. The molecule has 0 saturated heterocycles. The average molecular weight is 359 g/mol. The number of hydrogen-bond donors (Lipinski definition) is 1. The van der Waals surface area contributed by atoms with Gasteiger partial charge in [-0.3, -0.25) is 14.6 Å². The fraction of sp³-hybridized carbons (Fsp3) is 0.222. The number of hydrogen-bond acceptors (Lipinski definition) is 5. The van der Waals surface area contributed by atoms with Gasteiger partial charge < -0.3 is 9.84 Å². The van der Waals surface area contributed by atoms with Gasteiger partial charge in [0.05, 0.1) is 24.3 Å². The molecule has 0 atom stereocenters. The van der Waals surface area contributed by atoms with Gasteiger partial charge in [-0.2, -0.15) is 0 Å². The molecule has 0 spiro atoms. The highest BCUT2D eigenvalue weighted by Gasteiger charge is 2.35. The maximum absolute atomic E-state index is 12.8. The summed E-state index contributed by atoms with van der Waals surface area (Å²) in [7, 11) is 1.50. The van der Waals surface area contributed by atoms with Crippen molar-refractivity contribution in [1.82, 2.24) is 4.98 Å². The van der Waals surface area contributed by atoms with Gasteiger partial charge >= 0.3 is 5.97 Å². The van der Waals surface area contributed by atoms with Crippen LogP contribution < -0.4 is 0 Å². The van der Waals surface area contributed by atoms with Crippen LogP contribution in [-0.4, -0.2) is 34.7 Å². The lowest BCUT2D eigenvalue weighted by atomic mass is 9.88. The monoisotopic (exact) mass is 358 g/mol. The molecule has 0 fully saturated rings. The van der Waals surface area contributed by atoms with Gasteiger partial charge in [0.15, 0.2) is 0 Å². The zero-order valence-electron chi connectivity index (χ0n) is 13.7. The number of pyridine rings is 1. The van der Waals surface area contributed by atoms with Crippen LogP contribution in [0.15, 0.2) is 62.7 Å². The topological polar surface area (TPSA) is 88.9 Å². The first-order valence-corrected chi connectivity index (χ1v) is 7.93. The first-order valence-electron chi connectivity index (χ1n) is 7.56. The number of allylic oxidation sites excluding steroid dienone is 4. The SMILES string of the molecule is COC1=C(Cl)CC2=NC(C(=O)c3ccncc3)=C(CC(=O)O)C2=C1C. The van der Waals surface area contributed by atoms with Crippen molar-refractivity contribution in [3.63, 3.8) is 0 Å². The van der Waals surface area contributed by atoms with E-state index in [1.54, 1.807) is 19.1 Å². The largest absolute Gasteiger partial charge is 0.495 e. The van der Waals surface area contributed by atoms with E-state index in [1.165, 1.54) is 19.5 Å². The summed E-state index contributed by atoms with van der Waals surface area (Å²) in [6, 6.07) is 3.14. The van der Waals surface area contributed by atoms with Gasteiger partial charge in [0.1, 0.15) is 11.5 Å². The number of carbonyl (C=O) groups is 2. The van der Waals surface area contributed by atoms with Crippen molar-refractivity contribution < 1.29 is 19.4 Å². The summed E-state index contributed by atoms with van der Waals surface area (Å²) in [5.41, 5.74) is 2.85. The number of nitrogens with zero attached hydrogens (tertiary/aromatic N) is 2. The lowest BCUT2D eigenvalue weighted by Crippen LogP contribution is -2.14. The third-order valence-electron chi connectivity index (χ3n) is 4.10. The van der Waals surface area contributed by atoms with Gasteiger partial charge in [0.2, 0.25) is 5.78 Å².